The van der Waals surface area contributed by atoms with Gasteiger partial charge in [-0.3, -0.25) is 4.79 Å². The van der Waals surface area contributed by atoms with Gasteiger partial charge < -0.3 is 14.8 Å². The molecule has 0 saturated heterocycles. The summed E-state index contributed by atoms with van der Waals surface area (Å²) in [6.07, 6.45) is 1.38. The lowest BCUT2D eigenvalue weighted by molar-refractivity contribution is 0.0688. The first-order chi connectivity index (χ1) is 9.11. The first kappa shape index (κ1) is 12.8. The minimum atomic E-state index is -1.35. The Hall–Kier alpha value is -2.63. The highest BCUT2D eigenvalue weighted by atomic mass is 16.5. The minimum Gasteiger partial charge on any atom is -0.494 e. The van der Waals surface area contributed by atoms with Gasteiger partial charge in [-0.1, -0.05) is 0 Å². The molecular weight excluding hydrogens is 248 g/mol. The van der Waals surface area contributed by atoms with Crippen molar-refractivity contribution in [1.29, 1.82) is 0 Å². The van der Waals surface area contributed by atoms with Crippen LogP contribution in [0.25, 0.3) is 11.3 Å². The van der Waals surface area contributed by atoms with E-state index in [1.165, 1.54) is 6.20 Å². The number of nitrogens with one attached hydrogen (secondary N) is 1. The summed E-state index contributed by atoms with van der Waals surface area (Å²) in [6, 6.07) is 7.01. The van der Waals surface area contributed by atoms with Crippen molar-refractivity contribution >= 4 is 5.97 Å². The lowest BCUT2D eigenvalue weighted by Gasteiger charge is -2.05. The molecule has 1 aromatic carbocycles. The highest BCUT2D eigenvalue weighted by molar-refractivity contribution is 5.85. The predicted octanol–water partition coefficient (Wildman–Crippen LogP) is 1.53. The fourth-order valence-corrected chi connectivity index (χ4v) is 1.59. The third-order valence-electron chi connectivity index (χ3n) is 2.45. The Kier molecular flexibility index (Phi) is 3.61. The van der Waals surface area contributed by atoms with Crippen LogP contribution in [0.4, 0.5) is 0 Å². The molecule has 0 aliphatic carbocycles. The summed E-state index contributed by atoms with van der Waals surface area (Å²) in [5.41, 5.74) is -0.157. The molecule has 1 aromatic heterocycles. The Morgan fingerprint density at radius 2 is 2.05 bits per heavy atom. The lowest BCUT2D eigenvalue weighted by Crippen LogP contribution is -2.19. The molecule has 19 heavy (non-hydrogen) atoms. The van der Waals surface area contributed by atoms with Crippen LogP contribution in [0.5, 0.6) is 5.75 Å². The van der Waals surface area contributed by atoms with E-state index in [4.69, 9.17) is 9.84 Å². The fourth-order valence-electron chi connectivity index (χ4n) is 1.59. The Morgan fingerprint density at radius 1 is 1.37 bits per heavy atom. The molecule has 0 fully saturated rings. The molecule has 6 heteroatoms. The number of carbonyl (C=O) groups is 1. The molecular formula is C13H12N2O4. The standard InChI is InChI=1S/C13H12N2O4/c1-2-19-9-5-3-8(4-6-9)10-7-14-12(16)11(15-10)13(17)18/h3-7H,2H2,1H3,(H,14,16)(H,17,18). The molecule has 2 rings (SSSR count). The summed E-state index contributed by atoms with van der Waals surface area (Å²) in [7, 11) is 0. The van der Waals surface area contributed by atoms with Gasteiger partial charge >= 0.3 is 5.97 Å². The summed E-state index contributed by atoms with van der Waals surface area (Å²) in [6.45, 7) is 2.45. The largest absolute Gasteiger partial charge is 0.494 e. The molecule has 0 radical (unpaired) electrons. The Bertz CT molecular complexity index is 646. The van der Waals surface area contributed by atoms with E-state index in [9.17, 15) is 9.59 Å². The van der Waals surface area contributed by atoms with Crippen LogP contribution >= 0.6 is 0 Å². The molecule has 1 heterocycles. The number of hydrogen-bond acceptors (Lipinski definition) is 4. The zero-order valence-corrected chi connectivity index (χ0v) is 10.2. The van der Waals surface area contributed by atoms with E-state index in [1.807, 2.05) is 6.92 Å². The topological polar surface area (TPSA) is 92.3 Å². The van der Waals surface area contributed by atoms with Crippen LogP contribution in [0.1, 0.15) is 17.4 Å². The van der Waals surface area contributed by atoms with Crippen LogP contribution in [-0.4, -0.2) is 27.7 Å². The van der Waals surface area contributed by atoms with Gasteiger partial charge in [0.2, 0.25) is 5.69 Å². The van der Waals surface area contributed by atoms with Crippen molar-refractivity contribution in [2.24, 2.45) is 0 Å². The van der Waals surface area contributed by atoms with Crippen molar-refractivity contribution in [2.45, 2.75) is 6.92 Å². The summed E-state index contributed by atoms with van der Waals surface area (Å²) in [5.74, 6) is -0.636. The number of benzene rings is 1. The number of ether oxygens (including phenoxy) is 1. The molecule has 0 amide bonds. The van der Waals surface area contributed by atoms with Gasteiger partial charge in [-0.05, 0) is 31.2 Å². The number of carboxylic acid groups (broad SMARTS) is 1. The number of nitrogens with zero attached hydrogens (tertiary/aromatic N) is 1. The van der Waals surface area contributed by atoms with Gasteiger partial charge in [0.25, 0.3) is 5.56 Å². The molecule has 0 unspecified atom stereocenters. The van der Waals surface area contributed by atoms with Gasteiger partial charge in [0.1, 0.15) is 5.75 Å². The average Bonchev–Trinajstić information content (AvgIpc) is 2.40. The number of hydrogen-bond donors (Lipinski definition) is 2. The van der Waals surface area contributed by atoms with Crippen LogP contribution in [-0.2, 0) is 0 Å². The van der Waals surface area contributed by atoms with Gasteiger partial charge in [-0.2, -0.15) is 0 Å². The van der Waals surface area contributed by atoms with Crippen molar-refractivity contribution in [3.05, 3.63) is 46.5 Å². The van der Waals surface area contributed by atoms with Gasteiger partial charge in [0.15, 0.2) is 0 Å². The molecule has 0 spiro atoms. The zero-order chi connectivity index (χ0) is 13.8. The molecule has 6 nitrogen and oxygen atoms in total. The number of aromatic amines is 1. The van der Waals surface area contributed by atoms with E-state index in [0.29, 0.717) is 23.6 Å². The summed E-state index contributed by atoms with van der Waals surface area (Å²) < 4.78 is 5.31. The Morgan fingerprint density at radius 3 is 2.63 bits per heavy atom. The number of aromatic carboxylic acids is 1. The second-order valence-electron chi connectivity index (χ2n) is 3.73. The maximum Gasteiger partial charge on any atom is 0.360 e. The molecule has 98 valence electrons. The van der Waals surface area contributed by atoms with Crippen LogP contribution in [0.2, 0.25) is 0 Å². The lowest BCUT2D eigenvalue weighted by atomic mass is 10.1. The van der Waals surface area contributed by atoms with Crippen LogP contribution in [0, 0.1) is 0 Å². The number of rotatable bonds is 4. The van der Waals surface area contributed by atoms with E-state index in [0.717, 1.165) is 0 Å². The van der Waals surface area contributed by atoms with E-state index >= 15 is 0 Å². The summed E-state index contributed by atoms with van der Waals surface area (Å²) in [4.78, 5) is 28.3. The normalized spacial score (nSPS) is 10.2. The van der Waals surface area contributed by atoms with Crippen LogP contribution < -0.4 is 10.3 Å². The first-order valence-corrected chi connectivity index (χ1v) is 5.68. The van der Waals surface area contributed by atoms with E-state index < -0.39 is 17.2 Å². The predicted molar refractivity (Wildman–Crippen MR) is 68.4 cm³/mol. The molecule has 0 atom stereocenters. The van der Waals surface area contributed by atoms with Crippen LogP contribution in [0.15, 0.2) is 35.3 Å². The van der Waals surface area contributed by atoms with E-state index in [-0.39, 0.29) is 0 Å². The highest BCUT2D eigenvalue weighted by Gasteiger charge is 2.12. The van der Waals surface area contributed by atoms with Crippen molar-refractivity contribution in [3.8, 4) is 17.0 Å². The third-order valence-corrected chi connectivity index (χ3v) is 2.45. The molecule has 0 aliphatic rings. The minimum absolute atomic E-state index is 0.389. The molecule has 2 aromatic rings. The van der Waals surface area contributed by atoms with E-state index in [2.05, 4.69) is 9.97 Å². The third kappa shape index (κ3) is 2.79. The van der Waals surface area contributed by atoms with Crippen molar-refractivity contribution in [1.82, 2.24) is 9.97 Å². The molecule has 0 aliphatic heterocycles. The van der Waals surface area contributed by atoms with Crippen LogP contribution in [0.3, 0.4) is 0 Å². The number of H-pyrrole nitrogens is 1. The van der Waals surface area contributed by atoms with Crippen molar-refractivity contribution in [3.63, 3.8) is 0 Å². The van der Waals surface area contributed by atoms with Gasteiger partial charge in [-0.15, -0.1) is 0 Å². The average molecular weight is 260 g/mol. The monoisotopic (exact) mass is 260 g/mol. The van der Waals surface area contributed by atoms with Gasteiger partial charge in [0.05, 0.1) is 12.3 Å². The SMILES string of the molecule is CCOc1ccc(-c2c[nH]c(=O)c(C(=O)O)n2)cc1. The second kappa shape index (κ2) is 5.34. The molecule has 0 bridgehead atoms. The summed E-state index contributed by atoms with van der Waals surface area (Å²) >= 11 is 0. The van der Waals surface area contributed by atoms with Crippen molar-refractivity contribution in [2.75, 3.05) is 6.61 Å². The maximum atomic E-state index is 11.3. The Labute approximate surface area is 108 Å². The highest BCUT2D eigenvalue weighted by Crippen LogP contribution is 2.19. The van der Waals surface area contributed by atoms with Gasteiger partial charge in [0, 0.05) is 11.8 Å². The maximum absolute atomic E-state index is 11.3. The summed E-state index contributed by atoms with van der Waals surface area (Å²) in [5, 5.41) is 8.85. The first-order valence-electron chi connectivity index (χ1n) is 5.68. The quantitative estimate of drug-likeness (QED) is 0.869. The second-order valence-corrected chi connectivity index (χ2v) is 3.73. The van der Waals surface area contributed by atoms with Crippen molar-refractivity contribution < 1.29 is 14.6 Å². The number of carboxylic acids is 1. The Balaban J connectivity index is 2.39. The smallest absolute Gasteiger partial charge is 0.360 e. The molecule has 0 saturated carbocycles. The number of aromatic nitrogens is 2. The van der Waals surface area contributed by atoms with Gasteiger partial charge in [-0.25, -0.2) is 9.78 Å². The zero-order valence-electron chi connectivity index (χ0n) is 10.2. The molecule has 2 N–H and O–H groups in total. The fraction of sp³-hybridized carbons (Fsp3) is 0.154. The van der Waals surface area contributed by atoms with E-state index in [1.54, 1.807) is 24.3 Å².